The van der Waals surface area contributed by atoms with Crippen molar-refractivity contribution in [1.29, 1.82) is 0 Å². The summed E-state index contributed by atoms with van der Waals surface area (Å²) in [5.41, 5.74) is 3.65. The lowest BCUT2D eigenvalue weighted by molar-refractivity contribution is 0.414. The van der Waals surface area contributed by atoms with Gasteiger partial charge in [0.1, 0.15) is 11.5 Å². The Balaban J connectivity index is 0.000000149. The predicted molar refractivity (Wildman–Crippen MR) is 157 cm³/mol. The molecule has 0 radical (unpaired) electrons. The lowest BCUT2D eigenvalue weighted by atomic mass is 10.2. The SMILES string of the molecule is COc1ccc(Cn2cc3c(=O)[nH]ccc3n2)cc1.COc1ccc(Cn2cc3c(=O)n(C4CC4)ccc3n2)cc1. The molecule has 41 heavy (non-hydrogen) atoms. The summed E-state index contributed by atoms with van der Waals surface area (Å²) in [6.07, 6.45) is 9.29. The van der Waals surface area contributed by atoms with Gasteiger partial charge in [-0.3, -0.25) is 19.0 Å². The summed E-state index contributed by atoms with van der Waals surface area (Å²) < 4.78 is 15.7. The number of aromatic amines is 1. The fourth-order valence-electron chi connectivity index (χ4n) is 4.73. The highest BCUT2D eigenvalue weighted by Crippen LogP contribution is 2.33. The molecule has 1 N–H and O–H groups in total. The smallest absolute Gasteiger partial charge is 0.261 e. The zero-order valence-corrected chi connectivity index (χ0v) is 22.9. The topological polar surface area (TPSA) is 109 Å². The average molecular weight is 551 g/mol. The summed E-state index contributed by atoms with van der Waals surface area (Å²) in [5.74, 6) is 1.66. The Morgan fingerprint density at radius 1 is 0.756 bits per heavy atom. The number of fused-ring (bicyclic) bond motifs is 2. The lowest BCUT2D eigenvalue weighted by Crippen LogP contribution is -2.17. The average Bonchev–Trinajstić information content (AvgIpc) is 3.61. The summed E-state index contributed by atoms with van der Waals surface area (Å²) in [6.45, 7) is 1.26. The first-order valence-corrected chi connectivity index (χ1v) is 13.4. The first kappa shape index (κ1) is 26.1. The largest absolute Gasteiger partial charge is 0.497 e. The molecule has 0 saturated heterocycles. The highest BCUT2D eigenvalue weighted by molar-refractivity contribution is 5.77. The monoisotopic (exact) mass is 550 g/mol. The number of pyridine rings is 2. The second kappa shape index (κ2) is 11.2. The molecule has 2 aromatic carbocycles. The van der Waals surface area contributed by atoms with Gasteiger partial charge >= 0.3 is 0 Å². The molecule has 1 fully saturated rings. The molecule has 1 aliphatic rings. The highest BCUT2D eigenvalue weighted by atomic mass is 16.5. The lowest BCUT2D eigenvalue weighted by Gasteiger charge is -2.03. The number of hydrogen-bond donors (Lipinski definition) is 1. The molecule has 208 valence electrons. The van der Waals surface area contributed by atoms with Gasteiger partial charge in [0.2, 0.25) is 0 Å². The van der Waals surface area contributed by atoms with Gasteiger partial charge in [-0.25, -0.2) is 0 Å². The third-order valence-corrected chi connectivity index (χ3v) is 7.09. The number of methoxy groups -OCH3 is 2. The summed E-state index contributed by atoms with van der Waals surface area (Å²) in [5, 5.41) is 10.2. The molecule has 6 aromatic rings. The number of benzene rings is 2. The Hall–Kier alpha value is -5.12. The van der Waals surface area contributed by atoms with E-state index in [4.69, 9.17) is 9.47 Å². The van der Waals surface area contributed by atoms with Gasteiger partial charge in [0.05, 0.1) is 49.1 Å². The van der Waals surface area contributed by atoms with Crippen LogP contribution in [0.1, 0.15) is 30.0 Å². The molecule has 0 amide bonds. The van der Waals surface area contributed by atoms with Crippen molar-refractivity contribution in [3.63, 3.8) is 0 Å². The van der Waals surface area contributed by atoms with Gasteiger partial charge in [0, 0.05) is 30.8 Å². The third kappa shape index (κ3) is 5.76. The van der Waals surface area contributed by atoms with E-state index >= 15 is 0 Å². The summed E-state index contributed by atoms with van der Waals surface area (Å²) in [6, 6.07) is 19.8. The fourth-order valence-corrected chi connectivity index (χ4v) is 4.73. The first-order valence-electron chi connectivity index (χ1n) is 13.4. The standard InChI is InChI=1S/C17H17N3O2.C14H13N3O2/c1-22-14-6-2-12(3-7-14)10-19-11-15-16(18-19)8-9-20(17(15)21)13-4-5-13;1-19-11-4-2-10(3-5-11)8-17-9-12-13(16-17)6-7-15-14(12)18/h2-3,6-9,11,13H,4-5,10H2,1H3;2-7,9H,8H2,1H3,(H,15,18). The van der Waals surface area contributed by atoms with E-state index in [9.17, 15) is 9.59 Å². The van der Waals surface area contributed by atoms with Crippen LogP contribution in [0.3, 0.4) is 0 Å². The van der Waals surface area contributed by atoms with Crippen LogP contribution in [0.4, 0.5) is 0 Å². The number of rotatable bonds is 7. The number of aromatic nitrogens is 6. The van der Waals surface area contributed by atoms with E-state index in [1.54, 1.807) is 37.4 Å². The van der Waals surface area contributed by atoms with Gasteiger partial charge in [0.15, 0.2) is 0 Å². The molecule has 7 rings (SSSR count). The first-order chi connectivity index (χ1) is 20.0. The molecule has 10 heteroatoms. The van der Waals surface area contributed by atoms with Crippen molar-refractivity contribution in [2.24, 2.45) is 0 Å². The number of ether oxygens (including phenoxy) is 2. The molecular formula is C31H30N6O4. The number of nitrogens with zero attached hydrogens (tertiary/aromatic N) is 5. The molecule has 1 saturated carbocycles. The van der Waals surface area contributed by atoms with Crippen LogP contribution in [0.5, 0.6) is 11.5 Å². The van der Waals surface area contributed by atoms with Gasteiger partial charge in [0.25, 0.3) is 11.1 Å². The summed E-state index contributed by atoms with van der Waals surface area (Å²) in [7, 11) is 3.29. The van der Waals surface area contributed by atoms with E-state index < -0.39 is 0 Å². The van der Waals surface area contributed by atoms with Gasteiger partial charge in [-0.2, -0.15) is 10.2 Å². The molecule has 0 unspecified atom stereocenters. The third-order valence-electron chi connectivity index (χ3n) is 7.09. The normalized spacial score (nSPS) is 12.7. The molecular weight excluding hydrogens is 520 g/mol. The summed E-state index contributed by atoms with van der Waals surface area (Å²) in [4.78, 5) is 26.7. The maximum absolute atomic E-state index is 12.5. The van der Waals surface area contributed by atoms with E-state index in [-0.39, 0.29) is 11.1 Å². The molecule has 10 nitrogen and oxygen atoms in total. The summed E-state index contributed by atoms with van der Waals surface area (Å²) >= 11 is 0. The fraction of sp³-hybridized carbons (Fsp3) is 0.226. The molecule has 4 aromatic heterocycles. The Kier molecular flexibility index (Phi) is 7.11. The minimum absolute atomic E-state index is 0.0704. The van der Waals surface area contributed by atoms with Gasteiger partial charge in [-0.05, 0) is 60.4 Å². The second-order valence-corrected chi connectivity index (χ2v) is 10.0. The van der Waals surface area contributed by atoms with Crippen LogP contribution in [-0.4, -0.2) is 43.3 Å². The van der Waals surface area contributed by atoms with E-state index in [1.165, 1.54) is 0 Å². The van der Waals surface area contributed by atoms with Crippen molar-refractivity contribution in [2.45, 2.75) is 32.0 Å². The van der Waals surface area contributed by atoms with Crippen LogP contribution in [0, 0.1) is 0 Å². The van der Waals surface area contributed by atoms with Crippen molar-refractivity contribution in [1.82, 2.24) is 29.1 Å². The Labute approximate surface area is 235 Å². The van der Waals surface area contributed by atoms with Crippen LogP contribution in [0.15, 0.2) is 95.0 Å². The van der Waals surface area contributed by atoms with E-state index in [2.05, 4.69) is 15.2 Å². The number of H-pyrrole nitrogens is 1. The quantitative estimate of drug-likeness (QED) is 0.316. The van der Waals surface area contributed by atoms with Crippen LogP contribution in [0.2, 0.25) is 0 Å². The van der Waals surface area contributed by atoms with Crippen LogP contribution >= 0.6 is 0 Å². The highest BCUT2D eigenvalue weighted by Gasteiger charge is 2.25. The Morgan fingerprint density at radius 3 is 1.80 bits per heavy atom. The number of nitrogens with one attached hydrogen (secondary N) is 1. The van der Waals surface area contributed by atoms with Crippen LogP contribution in [-0.2, 0) is 13.1 Å². The minimum atomic E-state index is -0.113. The molecule has 1 aliphatic carbocycles. The number of hydrogen-bond acceptors (Lipinski definition) is 6. The van der Waals surface area contributed by atoms with E-state index in [0.717, 1.165) is 41.0 Å². The molecule has 4 heterocycles. The maximum Gasteiger partial charge on any atom is 0.261 e. The van der Waals surface area contributed by atoms with Crippen molar-refractivity contribution in [3.05, 3.63) is 117 Å². The Morgan fingerprint density at radius 2 is 1.29 bits per heavy atom. The van der Waals surface area contributed by atoms with Crippen molar-refractivity contribution < 1.29 is 9.47 Å². The van der Waals surface area contributed by atoms with Crippen molar-refractivity contribution in [2.75, 3.05) is 14.2 Å². The van der Waals surface area contributed by atoms with Gasteiger partial charge < -0.3 is 19.0 Å². The van der Waals surface area contributed by atoms with Crippen molar-refractivity contribution in [3.8, 4) is 11.5 Å². The predicted octanol–water partition coefficient (Wildman–Crippen LogP) is 4.37. The van der Waals surface area contributed by atoms with Crippen LogP contribution in [0.25, 0.3) is 21.8 Å². The van der Waals surface area contributed by atoms with Gasteiger partial charge in [-0.1, -0.05) is 24.3 Å². The maximum atomic E-state index is 12.5. The molecule has 0 bridgehead atoms. The molecule has 0 aliphatic heterocycles. The van der Waals surface area contributed by atoms with Crippen LogP contribution < -0.4 is 20.6 Å². The van der Waals surface area contributed by atoms with Gasteiger partial charge in [-0.15, -0.1) is 0 Å². The minimum Gasteiger partial charge on any atom is -0.497 e. The molecule has 0 spiro atoms. The molecule has 0 atom stereocenters. The van der Waals surface area contributed by atoms with Crippen molar-refractivity contribution >= 4 is 21.8 Å². The Bertz CT molecular complexity index is 1910. The van der Waals surface area contributed by atoms with E-state index in [1.807, 2.05) is 76.2 Å². The second-order valence-electron chi connectivity index (χ2n) is 10.0. The zero-order chi connectivity index (χ0) is 28.3. The van der Waals surface area contributed by atoms with E-state index in [0.29, 0.717) is 35.4 Å². The zero-order valence-electron chi connectivity index (χ0n) is 22.9.